The monoisotopic (exact) mass is 456 g/mol. The van der Waals surface area contributed by atoms with Crippen LogP contribution in [0.1, 0.15) is 21.5 Å². The fraction of sp³-hybridized carbons (Fsp3) is 0.273. The lowest BCUT2D eigenvalue weighted by atomic mass is 10.1. The van der Waals surface area contributed by atoms with Crippen molar-refractivity contribution in [3.05, 3.63) is 87.9 Å². The van der Waals surface area contributed by atoms with E-state index >= 15 is 0 Å². The molecule has 0 atom stereocenters. The van der Waals surface area contributed by atoms with Crippen molar-refractivity contribution in [1.82, 2.24) is 19.6 Å². The maximum atomic E-state index is 13.9. The molecule has 1 amide bonds. The van der Waals surface area contributed by atoms with Crippen molar-refractivity contribution in [2.24, 2.45) is 0 Å². The smallest absolute Gasteiger partial charge is 0.253 e. The number of halogens is 2. The van der Waals surface area contributed by atoms with Gasteiger partial charge >= 0.3 is 0 Å². The highest BCUT2D eigenvalue weighted by atomic mass is 79.9. The molecule has 0 spiro atoms. The second-order valence-electron chi connectivity index (χ2n) is 7.22. The summed E-state index contributed by atoms with van der Waals surface area (Å²) in [4.78, 5) is 17.0. The van der Waals surface area contributed by atoms with Gasteiger partial charge in [0.25, 0.3) is 5.91 Å². The molecule has 29 heavy (non-hydrogen) atoms. The molecule has 5 nitrogen and oxygen atoms in total. The van der Waals surface area contributed by atoms with Crippen molar-refractivity contribution >= 4 is 21.8 Å². The zero-order valence-corrected chi connectivity index (χ0v) is 17.6. The number of amides is 1. The highest BCUT2D eigenvalue weighted by Gasteiger charge is 2.22. The lowest BCUT2D eigenvalue weighted by Gasteiger charge is -2.35. The number of aromatic nitrogens is 2. The van der Waals surface area contributed by atoms with Crippen LogP contribution in [-0.4, -0.2) is 51.7 Å². The van der Waals surface area contributed by atoms with Crippen molar-refractivity contribution in [3.63, 3.8) is 0 Å². The average molecular weight is 457 g/mol. The van der Waals surface area contributed by atoms with Crippen LogP contribution < -0.4 is 0 Å². The summed E-state index contributed by atoms with van der Waals surface area (Å²) in [5, 5.41) is 4.27. The molecule has 0 saturated carbocycles. The molecule has 0 unspecified atom stereocenters. The van der Waals surface area contributed by atoms with E-state index in [9.17, 15) is 9.18 Å². The van der Waals surface area contributed by atoms with Crippen LogP contribution in [0.2, 0.25) is 0 Å². The molecular formula is C22H22BrFN4O. The van der Waals surface area contributed by atoms with Crippen LogP contribution in [0.25, 0.3) is 0 Å². The van der Waals surface area contributed by atoms with Gasteiger partial charge in [0.15, 0.2) is 0 Å². The minimum absolute atomic E-state index is 0.0408. The Morgan fingerprint density at radius 2 is 1.83 bits per heavy atom. The maximum absolute atomic E-state index is 13.9. The summed E-state index contributed by atoms with van der Waals surface area (Å²) in [7, 11) is 0. The van der Waals surface area contributed by atoms with E-state index < -0.39 is 0 Å². The lowest BCUT2D eigenvalue weighted by Crippen LogP contribution is -2.48. The first kappa shape index (κ1) is 19.8. The van der Waals surface area contributed by atoms with Gasteiger partial charge in [0.05, 0.1) is 17.2 Å². The van der Waals surface area contributed by atoms with Crippen LogP contribution in [-0.2, 0) is 13.1 Å². The highest BCUT2D eigenvalue weighted by molar-refractivity contribution is 9.10. The summed E-state index contributed by atoms with van der Waals surface area (Å²) in [5.74, 6) is -0.133. The van der Waals surface area contributed by atoms with E-state index in [-0.39, 0.29) is 11.7 Å². The van der Waals surface area contributed by atoms with Crippen molar-refractivity contribution in [1.29, 1.82) is 0 Å². The first-order valence-electron chi connectivity index (χ1n) is 9.60. The first-order valence-corrected chi connectivity index (χ1v) is 10.4. The molecule has 0 bridgehead atoms. The topological polar surface area (TPSA) is 41.4 Å². The fourth-order valence-corrected chi connectivity index (χ4v) is 3.90. The molecule has 1 saturated heterocycles. The van der Waals surface area contributed by atoms with Crippen molar-refractivity contribution < 1.29 is 9.18 Å². The SMILES string of the molecule is O=C(c1cccc(Cn2cc(Br)cn2)c1)N1CCN(Cc2ccccc2F)CC1. The molecule has 2 heterocycles. The molecule has 3 aromatic rings. The molecular weight excluding hydrogens is 435 g/mol. The van der Waals surface area contributed by atoms with Crippen LogP contribution in [0.15, 0.2) is 65.4 Å². The predicted octanol–water partition coefficient (Wildman–Crippen LogP) is 3.79. The third-order valence-electron chi connectivity index (χ3n) is 5.13. The van der Waals surface area contributed by atoms with E-state index in [1.54, 1.807) is 12.3 Å². The first-order chi connectivity index (χ1) is 14.1. The van der Waals surface area contributed by atoms with Gasteiger partial charge in [-0.25, -0.2) is 4.39 Å². The van der Waals surface area contributed by atoms with Gasteiger partial charge in [-0.05, 0) is 39.7 Å². The molecule has 7 heteroatoms. The number of piperazine rings is 1. The molecule has 1 aromatic heterocycles. The molecule has 0 radical (unpaired) electrons. The van der Waals surface area contributed by atoms with Crippen LogP contribution in [0.3, 0.4) is 0 Å². The van der Waals surface area contributed by atoms with E-state index in [2.05, 4.69) is 25.9 Å². The predicted molar refractivity (Wildman–Crippen MR) is 113 cm³/mol. The van der Waals surface area contributed by atoms with Gasteiger partial charge in [-0.2, -0.15) is 5.10 Å². The number of rotatable bonds is 5. The number of carbonyl (C=O) groups is 1. The molecule has 4 rings (SSSR count). The maximum Gasteiger partial charge on any atom is 0.253 e. The molecule has 150 valence electrons. The van der Waals surface area contributed by atoms with Crippen LogP contribution in [0, 0.1) is 5.82 Å². The van der Waals surface area contributed by atoms with Gasteiger partial charge < -0.3 is 4.90 Å². The quantitative estimate of drug-likeness (QED) is 0.586. The zero-order valence-electron chi connectivity index (χ0n) is 16.0. The van der Waals surface area contributed by atoms with Crippen molar-refractivity contribution in [3.8, 4) is 0 Å². The number of carbonyl (C=O) groups excluding carboxylic acids is 1. The third-order valence-corrected chi connectivity index (χ3v) is 5.54. The molecule has 0 aliphatic carbocycles. The molecule has 2 aromatic carbocycles. The van der Waals surface area contributed by atoms with Gasteiger partial charge in [-0.3, -0.25) is 14.4 Å². The molecule has 1 fully saturated rings. The Bertz CT molecular complexity index is 998. The van der Waals surface area contributed by atoms with Gasteiger partial charge in [0.2, 0.25) is 0 Å². The van der Waals surface area contributed by atoms with Gasteiger partial charge in [-0.1, -0.05) is 30.3 Å². The zero-order chi connectivity index (χ0) is 20.2. The third kappa shape index (κ3) is 4.92. The van der Waals surface area contributed by atoms with Crippen molar-refractivity contribution in [2.45, 2.75) is 13.1 Å². The Balaban J connectivity index is 1.36. The largest absolute Gasteiger partial charge is 0.336 e. The number of nitrogens with zero attached hydrogens (tertiary/aromatic N) is 4. The second kappa shape index (κ2) is 8.88. The van der Waals surface area contributed by atoms with E-state index in [4.69, 9.17) is 0 Å². The summed E-state index contributed by atoms with van der Waals surface area (Å²) < 4.78 is 16.6. The highest BCUT2D eigenvalue weighted by Crippen LogP contribution is 2.15. The number of hydrogen-bond donors (Lipinski definition) is 0. The molecule has 1 aliphatic rings. The lowest BCUT2D eigenvalue weighted by molar-refractivity contribution is 0.0627. The summed E-state index contributed by atoms with van der Waals surface area (Å²) in [6, 6.07) is 14.6. The van der Waals surface area contributed by atoms with E-state index in [0.29, 0.717) is 37.3 Å². The van der Waals surface area contributed by atoms with Crippen LogP contribution in [0.5, 0.6) is 0 Å². The van der Waals surface area contributed by atoms with Gasteiger partial charge in [0, 0.05) is 50.0 Å². The van der Waals surface area contributed by atoms with Crippen LogP contribution >= 0.6 is 15.9 Å². The van der Waals surface area contributed by atoms with E-state index in [1.807, 2.05) is 52.2 Å². The Labute approximate surface area is 177 Å². The van der Waals surface area contributed by atoms with Crippen molar-refractivity contribution in [2.75, 3.05) is 26.2 Å². The fourth-order valence-electron chi connectivity index (χ4n) is 3.57. The van der Waals surface area contributed by atoms with Crippen LogP contribution in [0.4, 0.5) is 4.39 Å². The molecule has 1 aliphatic heterocycles. The normalized spacial score (nSPS) is 14.9. The second-order valence-corrected chi connectivity index (χ2v) is 8.13. The average Bonchev–Trinajstić information content (AvgIpc) is 3.14. The Morgan fingerprint density at radius 1 is 1.03 bits per heavy atom. The van der Waals surface area contributed by atoms with Gasteiger partial charge in [0.1, 0.15) is 5.82 Å². The van der Waals surface area contributed by atoms with E-state index in [1.165, 1.54) is 6.07 Å². The summed E-state index contributed by atoms with van der Waals surface area (Å²) >= 11 is 3.40. The standard InChI is InChI=1S/C22H22BrFN4O/c23-20-13-25-28(16-20)14-17-4-3-6-18(12-17)22(29)27-10-8-26(9-11-27)15-19-5-1-2-7-21(19)24/h1-7,12-13,16H,8-11,14-15H2. The molecule has 0 N–H and O–H groups in total. The summed E-state index contributed by atoms with van der Waals surface area (Å²) in [6.07, 6.45) is 3.65. The summed E-state index contributed by atoms with van der Waals surface area (Å²) in [5.41, 5.74) is 2.42. The Morgan fingerprint density at radius 3 is 2.55 bits per heavy atom. The minimum atomic E-state index is -0.174. The minimum Gasteiger partial charge on any atom is -0.336 e. The number of hydrogen-bond acceptors (Lipinski definition) is 3. The van der Waals surface area contributed by atoms with E-state index in [0.717, 1.165) is 23.1 Å². The number of benzene rings is 2. The van der Waals surface area contributed by atoms with Gasteiger partial charge in [-0.15, -0.1) is 0 Å². The Hall–Kier alpha value is -2.51. The summed E-state index contributed by atoms with van der Waals surface area (Å²) in [6.45, 7) is 3.95. The Kier molecular flexibility index (Phi) is 6.06.